The van der Waals surface area contributed by atoms with E-state index < -0.39 is 9.16 Å². The summed E-state index contributed by atoms with van der Waals surface area (Å²) in [5, 5.41) is 0. The van der Waals surface area contributed by atoms with Gasteiger partial charge in [-0.1, -0.05) is 63.9 Å². The number of benzene rings is 1. The second-order valence-corrected chi connectivity index (χ2v) is 13.6. The Labute approximate surface area is 114 Å². The average molecular weight is 269 g/mol. The number of hydrogen-bond donors (Lipinski definition) is 1. The molecule has 0 aliphatic heterocycles. The molecule has 0 saturated heterocycles. The minimum absolute atomic E-state index is 0.856. The lowest BCUT2D eigenvalue weighted by molar-refractivity contribution is 0.580. The van der Waals surface area contributed by atoms with Crippen molar-refractivity contribution in [1.82, 2.24) is 0 Å². The van der Waals surface area contributed by atoms with Gasteiger partial charge in [0.15, 0.2) is 0 Å². The van der Waals surface area contributed by atoms with Gasteiger partial charge in [-0.2, -0.15) is 0 Å². The SMILES string of the molecule is CCCC(C)C[SH](C)(C)(CCC)c1ccccc1. The van der Waals surface area contributed by atoms with Crippen LogP contribution in [0.4, 0.5) is 0 Å². The highest BCUT2D eigenvalue weighted by atomic mass is 32.3. The maximum Gasteiger partial charge on any atom is -0.0247 e. The monoisotopic (exact) mass is 268 g/mol. The van der Waals surface area contributed by atoms with E-state index in [4.69, 9.17) is 0 Å². The van der Waals surface area contributed by atoms with Gasteiger partial charge in [0, 0.05) is 0 Å². The third-order valence-electron chi connectivity index (χ3n) is 4.26. The van der Waals surface area contributed by atoms with Crippen LogP contribution in [0.3, 0.4) is 0 Å². The van der Waals surface area contributed by atoms with Gasteiger partial charge < -0.3 is 0 Å². The van der Waals surface area contributed by atoms with Crippen molar-refractivity contribution in [2.75, 3.05) is 24.0 Å². The summed E-state index contributed by atoms with van der Waals surface area (Å²) in [6, 6.07) is 11.3. The van der Waals surface area contributed by atoms with E-state index in [1.807, 2.05) is 0 Å². The van der Waals surface area contributed by atoms with Crippen molar-refractivity contribution in [3.63, 3.8) is 0 Å². The molecule has 1 unspecified atom stereocenters. The van der Waals surface area contributed by atoms with E-state index in [0.717, 1.165) is 5.92 Å². The lowest BCUT2D eigenvalue weighted by Gasteiger charge is -2.57. The molecule has 0 nitrogen and oxygen atoms in total. The van der Waals surface area contributed by atoms with Crippen LogP contribution in [0.25, 0.3) is 0 Å². The first kappa shape index (κ1) is 15.6. The van der Waals surface area contributed by atoms with E-state index >= 15 is 0 Å². The molecule has 0 aromatic heterocycles. The van der Waals surface area contributed by atoms with Gasteiger partial charge in [0.2, 0.25) is 0 Å². The van der Waals surface area contributed by atoms with Crippen LogP contribution >= 0.6 is 9.16 Å². The Morgan fingerprint density at radius 3 is 2.11 bits per heavy atom. The van der Waals surface area contributed by atoms with Crippen LogP contribution in [0.1, 0.15) is 40.0 Å². The molecule has 106 valence electrons. The Balaban J connectivity index is 3.04. The molecule has 1 aromatic rings. The summed E-state index contributed by atoms with van der Waals surface area (Å²) in [5.74, 6) is 3.66. The maximum atomic E-state index is 2.59. The van der Waals surface area contributed by atoms with Gasteiger partial charge in [0.25, 0.3) is 0 Å². The van der Waals surface area contributed by atoms with Gasteiger partial charge in [-0.15, -0.1) is 0 Å². The molecular weight excluding hydrogens is 236 g/mol. The first-order valence-corrected chi connectivity index (χ1v) is 11.0. The first-order chi connectivity index (χ1) is 8.41. The van der Waals surface area contributed by atoms with E-state index in [2.05, 4.69) is 63.6 Å². The zero-order valence-electron chi connectivity index (χ0n) is 12.9. The molecule has 0 amide bonds. The molecular formula is C17H32S. The van der Waals surface area contributed by atoms with Crippen LogP contribution in [0.15, 0.2) is 35.2 Å². The summed E-state index contributed by atoms with van der Waals surface area (Å²) in [6.45, 7) is 7.08. The van der Waals surface area contributed by atoms with Gasteiger partial charge in [0.1, 0.15) is 0 Å². The molecule has 0 spiro atoms. The second kappa shape index (κ2) is 6.14. The van der Waals surface area contributed by atoms with Gasteiger partial charge >= 0.3 is 0 Å². The molecule has 0 saturated carbocycles. The normalized spacial score (nSPS) is 15.9. The molecule has 1 heteroatoms. The summed E-state index contributed by atoms with van der Waals surface area (Å²) in [4.78, 5) is 1.63. The molecule has 18 heavy (non-hydrogen) atoms. The largest absolute Gasteiger partial charge is 0.267 e. The van der Waals surface area contributed by atoms with Crippen LogP contribution in [0, 0.1) is 5.92 Å². The van der Waals surface area contributed by atoms with Crippen LogP contribution in [-0.4, -0.2) is 24.0 Å². The summed E-state index contributed by atoms with van der Waals surface area (Å²) >= 11 is 0. The quantitative estimate of drug-likeness (QED) is 0.644. The summed E-state index contributed by atoms with van der Waals surface area (Å²) < 4.78 is 0. The van der Waals surface area contributed by atoms with Crippen LogP contribution < -0.4 is 0 Å². The maximum absolute atomic E-state index is 2.59. The third-order valence-corrected chi connectivity index (χ3v) is 9.99. The average Bonchev–Trinajstić information content (AvgIpc) is 2.30. The molecule has 1 atom stereocenters. The van der Waals surface area contributed by atoms with E-state index in [1.165, 1.54) is 30.8 Å². The lowest BCUT2D eigenvalue weighted by atomic mass is 10.1. The summed E-state index contributed by atoms with van der Waals surface area (Å²) in [5.41, 5.74) is 0. The lowest BCUT2D eigenvalue weighted by Crippen LogP contribution is -2.27. The van der Waals surface area contributed by atoms with Crippen molar-refractivity contribution >= 4 is 9.16 Å². The Bertz CT molecular complexity index is 353. The van der Waals surface area contributed by atoms with E-state index in [0.29, 0.717) is 0 Å². The zero-order chi connectivity index (χ0) is 13.7. The van der Waals surface area contributed by atoms with Crippen LogP contribution in [0.5, 0.6) is 0 Å². The highest BCUT2D eigenvalue weighted by Crippen LogP contribution is 2.70. The molecule has 1 rings (SSSR count). The highest BCUT2D eigenvalue weighted by molar-refractivity contribution is 8.48. The van der Waals surface area contributed by atoms with E-state index in [-0.39, 0.29) is 0 Å². The molecule has 0 N–H and O–H groups in total. The number of hydrogen-bond acceptors (Lipinski definition) is 0. The van der Waals surface area contributed by atoms with Gasteiger partial charge in [-0.05, 0) is 41.3 Å². The van der Waals surface area contributed by atoms with Crippen LogP contribution in [0.2, 0.25) is 0 Å². The van der Waals surface area contributed by atoms with Gasteiger partial charge in [-0.3, -0.25) is 9.16 Å². The Kier molecular flexibility index (Phi) is 5.33. The minimum Gasteiger partial charge on any atom is -0.267 e. The third kappa shape index (κ3) is 3.78. The Morgan fingerprint density at radius 1 is 1.00 bits per heavy atom. The second-order valence-electron chi connectivity index (χ2n) is 6.83. The van der Waals surface area contributed by atoms with E-state index in [1.54, 1.807) is 4.90 Å². The predicted octanol–water partition coefficient (Wildman–Crippen LogP) is 5.22. The van der Waals surface area contributed by atoms with Gasteiger partial charge in [0.05, 0.1) is 0 Å². The number of thiol groups is 1. The first-order valence-electron chi connectivity index (χ1n) is 7.47. The van der Waals surface area contributed by atoms with Crippen molar-refractivity contribution in [2.45, 2.75) is 44.9 Å². The highest BCUT2D eigenvalue weighted by Gasteiger charge is 2.33. The minimum atomic E-state index is -1.71. The fourth-order valence-corrected chi connectivity index (χ4v) is 9.02. The molecule has 0 bridgehead atoms. The number of rotatable bonds is 7. The van der Waals surface area contributed by atoms with Crippen molar-refractivity contribution in [1.29, 1.82) is 0 Å². The van der Waals surface area contributed by atoms with Crippen LogP contribution in [-0.2, 0) is 0 Å². The van der Waals surface area contributed by atoms with Crippen molar-refractivity contribution in [3.05, 3.63) is 30.3 Å². The fraction of sp³-hybridized carbons (Fsp3) is 0.647. The van der Waals surface area contributed by atoms with Crippen molar-refractivity contribution < 1.29 is 0 Å². The predicted molar refractivity (Wildman–Crippen MR) is 89.6 cm³/mol. The Hall–Kier alpha value is -0.430. The van der Waals surface area contributed by atoms with Crippen molar-refractivity contribution in [3.8, 4) is 0 Å². The van der Waals surface area contributed by atoms with Gasteiger partial charge in [-0.25, -0.2) is 0 Å². The summed E-state index contributed by atoms with van der Waals surface area (Å²) in [7, 11) is -1.71. The zero-order valence-corrected chi connectivity index (χ0v) is 13.8. The molecule has 0 radical (unpaired) electrons. The fourth-order valence-electron chi connectivity index (χ4n) is 3.56. The molecule has 0 heterocycles. The summed E-state index contributed by atoms with van der Waals surface area (Å²) in [6.07, 6.45) is 9.18. The Morgan fingerprint density at radius 2 is 1.61 bits per heavy atom. The molecule has 1 aromatic carbocycles. The molecule has 0 aliphatic carbocycles. The molecule has 0 fully saturated rings. The van der Waals surface area contributed by atoms with E-state index in [9.17, 15) is 0 Å². The smallest absolute Gasteiger partial charge is 0.0247 e. The topological polar surface area (TPSA) is 0 Å². The van der Waals surface area contributed by atoms with Crippen molar-refractivity contribution in [2.24, 2.45) is 5.92 Å². The standard InChI is InChI=1S/C17H32S/c1-6-11-16(3)15-18(4,5,14-7-2)17-12-9-8-10-13-17/h8-10,12-13,16,18H,6-7,11,14-15H2,1-5H3. The molecule has 0 aliphatic rings.